The Bertz CT molecular complexity index is 1710. The summed E-state index contributed by atoms with van der Waals surface area (Å²) < 4.78 is 4.88. The highest BCUT2D eigenvalue weighted by Crippen LogP contribution is 2.41. The van der Waals surface area contributed by atoms with Gasteiger partial charge < -0.3 is 9.13 Å². The van der Waals surface area contributed by atoms with Gasteiger partial charge in [0.15, 0.2) is 0 Å². The van der Waals surface area contributed by atoms with Crippen LogP contribution in [0.4, 0.5) is 0 Å². The van der Waals surface area contributed by atoms with Crippen molar-refractivity contribution in [1.29, 1.82) is 0 Å². The summed E-state index contributed by atoms with van der Waals surface area (Å²) in [5.41, 5.74) is 9.87. The minimum absolute atomic E-state index is 1.19. The zero-order valence-electron chi connectivity index (χ0n) is 19.3. The predicted octanol–water partition coefficient (Wildman–Crippen LogP) is 8.50. The summed E-state index contributed by atoms with van der Waals surface area (Å²) in [6.45, 7) is 4.28. The first-order valence-electron chi connectivity index (χ1n) is 11.8. The van der Waals surface area contributed by atoms with Gasteiger partial charge in [-0.25, -0.2) is 0 Å². The molecule has 0 bridgehead atoms. The van der Waals surface area contributed by atoms with Crippen LogP contribution in [-0.2, 0) is 0 Å². The van der Waals surface area contributed by atoms with Crippen molar-refractivity contribution in [2.45, 2.75) is 13.8 Å². The summed E-state index contributed by atoms with van der Waals surface area (Å²) >= 11 is 0. The standard InChI is InChI=1S/C32H24N2/c1-21-11-15-23(16-12-21)33-29-9-5-3-7-25(29)27-19-20-28-26-8-4-6-10-30(26)34(32(28)31(27)33)24-17-13-22(2)14-18-24/h3-20H,1-2H3. The fourth-order valence-electron chi connectivity index (χ4n) is 5.42. The second-order valence-corrected chi connectivity index (χ2v) is 9.23. The van der Waals surface area contributed by atoms with Crippen molar-refractivity contribution in [2.75, 3.05) is 0 Å². The molecule has 2 heteroatoms. The maximum Gasteiger partial charge on any atom is 0.0788 e. The van der Waals surface area contributed by atoms with E-state index in [-0.39, 0.29) is 0 Å². The molecule has 2 nitrogen and oxygen atoms in total. The Balaban J connectivity index is 1.76. The van der Waals surface area contributed by atoms with Crippen molar-refractivity contribution in [1.82, 2.24) is 9.13 Å². The van der Waals surface area contributed by atoms with Crippen molar-refractivity contribution in [2.24, 2.45) is 0 Å². The fraction of sp³-hybridized carbons (Fsp3) is 0.0625. The van der Waals surface area contributed by atoms with Crippen LogP contribution < -0.4 is 0 Å². The van der Waals surface area contributed by atoms with E-state index in [0.29, 0.717) is 0 Å². The quantitative estimate of drug-likeness (QED) is 0.257. The lowest BCUT2D eigenvalue weighted by Gasteiger charge is -2.13. The van der Waals surface area contributed by atoms with Gasteiger partial charge in [0, 0.05) is 32.9 Å². The first kappa shape index (κ1) is 19.2. The molecular weight excluding hydrogens is 412 g/mol. The average molecular weight is 437 g/mol. The SMILES string of the molecule is Cc1ccc(-n2c3ccccc3c3ccc4c5ccccc5n(-c5ccc(C)cc5)c4c32)cc1. The molecule has 0 aliphatic carbocycles. The van der Waals surface area contributed by atoms with Gasteiger partial charge in [0.05, 0.1) is 22.1 Å². The third-order valence-corrected chi connectivity index (χ3v) is 7.05. The van der Waals surface area contributed by atoms with Crippen LogP contribution in [0.3, 0.4) is 0 Å². The van der Waals surface area contributed by atoms with Gasteiger partial charge in [-0.3, -0.25) is 0 Å². The van der Waals surface area contributed by atoms with E-state index in [1.54, 1.807) is 0 Å². The first-order chi connectivity index (χ1) is 16.7. The molecule has 0 spiro atoms. The van der Waals surface area contributed by atoms with Gasteiger partial charge in [0.1, 0.15) is 0 Å². The Morgan fingerprint density at radius 3 is 1.18 bits per heavy atom. The van der Waals surface area contributed by atoms with E-state index in [4.69, 9.17) is 0 Å². The lowest BCUT2D eigenvalue weighted by atomic mass is 10.1. The highest BCUT2D eigenvalue weighted by molar-refractivity contribution is 6.23. The lowest BCUT2D eigenvalue weighted by molar-refractivity contribution is 1.14. The second kappa shape index (κ2) is 7.10. The maximum atomic E-state index is 2.44. The van der Waals surface area contributed by atoms with Gasteiger partial charge in [0.25, 0.3) is 0 Å². The van der Waals surface area contributed by atoms with E-state index in [2.05, 4.69) is 132 Å². The maximum absolute atomic E-state index is 2.44. The molecule has 0 atom stereocenters. The Kier molecular flexibility index (Phi) is 4.01. The van der Waals surface area contributed by atoms with Crippen LogP contribution in [0.2, 0.25) is 0 Å². The van der Waals surface area contributed by atoms with Crippen LogP contribution in [0.15, 0.2) is 109 Å². The van der Waals surface area contributed by atoms with Crippen molar-refractivity contribution < 1.29 is 0 Å². The minimum Gasteiger partial charge on any atom is -0.307 e. The summed E-state index contributed by atoms with van der Waals surface area (Å²) in [5.74, 6) is 0. The van der Waals surface area contributed by atoms with Gasteiger partial charge >= 0.3 is 0 Å². The smallest absolute Gasteiger partial charge is 0.0788 e. The molecule has 0 unspecified atom stereocenters. The molecule has 0 aliphatic rings. The van der Waals surface area contributed by atoms with Crippen LogP contribution in [-0.4, -0.2) is 9.13 Å². The van der Waals surface area contributed by atoms with E-state index >= 15 is 0 Å². The summed E-state index contributed by atoms with van der Waals surface area (Å²) in [5, 5.41) is 5.11. The van der Waals surface area contributed by atoms with Gasteiger partial charge in [-0.1, -0.05) is 83.9 Å². The van der Waals surface area contributed by atoms with Crippen molar-refractivity contribution >= 4 is 43.6 Å². The average Bonchev–Trinajstić information content (AvgIpc) is 3.38. The topological polar surface area (TPSA) is 9.86 Å². The number of hydrogen-bond acceptors (Lipinski definition) is 0. The molecule has 0 saturated carbocycles. The number of para-hydroxylation sites is 2. The number of nitrogens with zero attached hydrogens (tertiary/aromatic N) is 2. The Morgan fingerprint density at radius 2 is 0.765 bits per heavy atom. The number of hydrogen-bond donors (Lipinski definition) is 0. The monoisotopic (exact) mass is 436 g/mol. The summed E-state index contributed by atoms with van der Waals surface area (Å²) in [4.78, 5) is 0. The molecule has 162 valence electrons. The molecule has 0 saturated heterocycles. The van der Waals surface area contributed by atoms with E-state index in [1.165, 1.54) is 66.1 Å². The molecular formula is C32H24N2. The van der Waals surface area contributed by atoms with Gasteiger partial charge in [0.2, 0.25) is 0 Å². The van der Waals surface area contributed by atoms with E-state index in [1.807, 2.05) is 0 Å². The third kappa shape index (κ3) is 2.63. The van der Waals surface area contributed by atoms with Crippen LogP contribution in [0, 0.1) is 13.8 Å². The molecule has 0 aliphatic heterocycles. The Labute approximate surface area is 198 Å². The van der Waals surface area contributed by atoms with E-state index < -0.39 is 0 Å². The van der Waals surface area contributed by atoms with Crippen LogP contribution in [0.25, 0.3) is 55.0 Å². The second-order valence-electron chi connectivity index (χ2n) is 9.23. The molecule has 7 rings (SSSR count). The first-order valence-corrected chi connectivity index (χ1v) is 11.8. The number of rotatable bonds is 2. The summed E-state index contributed by atoms with van der Waals surface area (Å²) in [6, 6.07) is 39.9. The van der Waals surface area contributed by atoms with Gasteiger partial charge in [-0.15, -0.1) is 0 Å². The highest BCUT2D eigenvalue weighted by atomic mass is 15.0. The number of benzene rings is 5. The summed E-state index contributed by atoms with van der Waals surface area (Å²) in [6.07, 6.45) is 0. The molecule has 2 aromatic heterocycles. The molecule has 0 N–H and O–H groups in total. The number of aromatic nitrogens is 2. The Morgan fingerprint density at radius 1 is 0.382 bits per heavy atom. The number of fused-ring (bicyclic) bond motifs is 7. The van der Waals surface area contributed by atoms with E-state index in [0.717, 1.165) is 0 Å². The molecule has 5 aromatic carbocycles. The van der Waals surface area contributed by atoms with Crippen molar-refractivity contribution in [3.05, 3.63) is 120 Å². The molecule has 0 radical (unpaired) electrons. The van der Waals surface area contributed by atoms with Gasteiger partial charge in [-0.05, 0) is 50.2 Å². The van der Waals surface area contributed by atoms with Gasteiger partial charge in [-0.2, -0.15) is 0 Å². The van der Waals surface area contributed by atoms with Crippen molar-refractivity contribution in [3.63, 3.8) is 0 Å². The van der Waals surface area contributed by atoms with Crippen LogP contribution in [0.1, 0.15) is 11.1 Å². The van der Waals surface area contributed by atoms with Crippen LogP contribution in [0.5, 0.6) is 0 Å². The number of aryl methyl sites for hydroxylation is 2. The summed E-state index contributed by atoms with van der Waals surface area (Å²) in [7, 11) is 0. The Hall–Kier alpha value is -4.30. The third-order valence-electron chi connectivity index (χ3n) is 7.05. The highest BCUT2D eigenvalue weighted by Gasteiger charge is 2.20. The van der Waals surface area contributed by atoms with Crippen molar-refractivity contribution in [3.8, 4) is 11.4 Å². The molecule has 2 heterocycles. The predicted molar refractivity (Wildman–Crippen MR) is 145 cm³/mol. The molecule has 7 aromatic rings. The van der Waals surface area contributed by atoms with E-state index in [9.17, 15) is 0 Å². The lowest BCUT2D eigenvalue weighted by Crippen LogP contribution is -1.98. The normalized spacial score (nSPS) is 11.8. The largest absolute Gasteiger partial charge is 0.307 e. The zero-order valence-corrected chi connectivity index (χ0v) is 19.3. The molecule has 34 heavy (non-hydrogen) atoms. The molecule has 0 amide bonds. The molecule has 0 fully saturated rings. The zero-order chi connectivity index (χ0) is 22.8. The minimum atomic E-state index is 1.19. The fourth-order valence-corrected chi connectivity index (χ4v) is 5.42. The van der Waals surface area contributed by atoms with Crippen LogP contribution >= 0.6 is 0 Å².